The number of benzene rings is 2. The lowest BCUT2D eigenvalue weighted by atomic mass is 10.1. The molecule has 0 spiro atoms. The van der Waals surface area contributed by atoms with Gasteiger partial charge in [-0.15, -0.1) is 0 Å². The highest BCUT2D eigenvalue weighted by Crippen LogP contribution is 2.16. The largest absolute Gasteiger partial charge is 0.484 e. The number of anilines is 1. The maximum Gasteiger partial charge on any atom is 0.338 e. The molecule has 0 saturated heterocycles. The molecule has 1 N–H and O–H groups in total. The second-order valence-electron chi connectivity index (χ2n) is 6.19. The Labute approximate surface area is 161 Å². The molecule has 0 aliphatic heterocycles. The van der Waals surface area contributed by atoms with Crippen molar-refractivity contribution in [1.29, 1.82) is 0 Å². The van der Waals surface area contributed by atoms with E-state index in [1.54, 1.807) is 36.4 Å². The van der Waals surface area contributed by atoms with Gasteiger partial charge in [-0.05, 0) is 60.9 Å². The molecule has 0 aromatic heterocycles. The van der Waals surface area contributed by atoms with Crippen molar-refractivity contribution in [3.63, 3.8) is 0 Å². The summed E-state index contributed by atoms with van der Waals surface area (Å²) in [6.45, 7) is 4.46. The highest BCUT2D eigenvalue weighted by Gasteiger charge is 2.09. The number of carbonyl (C=O) groups excluding carboxylic acids is 2. The first-order valence-corrected chi connectivity index (χ1v) is 9.19. The first-order valence-electron chi connectivity index (χ1n) is 8.39. The van der Waals surface area contributed by atoms with Gasteiger partial charge in [0.25, 0.3) is 5.91 Å². The molecular formula is C20H22BrNO4. The van der Waals surface area contributed by atoms with Gasteiger partial charge in [0.05, 0.1) is 12.2 Å². The summed E-state index contributed by atoms with van der Waals surface area (Å²) in [5.74, 6) is 0.463. The Balaban J connectivity index is 1.79. The van der Waals surface area contributed by atoms with E-state index in [1.165, 1.54) is 0 Å². The zero-order chi connectivity index (χ0) is 18.9. The lowest BCUT2D eigenvalue weighted by molar-refractivity contribution is -0.118. The topological polar surface area (TPSA) is 64.6 Å². The number of amides is 1. The molecule has 138 valence electrons. The summed E-state index contributed by atoms with van der Waals surface area (Å²) in [6, 6.07) is 13.8. The second kappa shape index (κ2) is 9.97. The third-order valence-corrected chi connectivity index (χ3v) is 4.04. The smallest absolute Gasteiger partial charge is 0.338 e. The highest BCUT2D eigenvalue weighted by atomic mass is 79.9. The van der Waals surface area contributed by atoms with Crippen LogP contribution in [0.2, 0.25) is 0 Å². The Morgan fingerprint density at radius 2 is 1.69 bits per heavy atom. The maximum absolute atomic E-state index is 11.9. The normalized spacial score (nSPS) is 10.5. The van der Waals surface area contributed by atoms with Gasteiger partial charge in [0.15, 0.2) is 6.61 Å². The number of hydrogen-bond donors (Lipinski definition) is 1. The van der Waals surface area contributed by atoms with Crippen LogP contribution < -0.4 is 10.1 Å². The van der Waals surface area contributed by atoms with Gasteiger partial charge in [-0.25, -0.2) is 4.79 Å². The SMILES string of the molecule is CC(C)CCOC(=O)c1ccc(NC(=O)COc2ccc(Br)cc2)cc1. The zero-order valence-electron chi connectivity index (χ0n) is 14.8. The molecule has 2 aromatic rings. The van der Waals surface area contributed by atoms with Crippen molar-refractivity contribution in [2.45, 2.75) is 20.3 Å². The minimum absolute atomic E-state index is 0.0966. The van der Waals surface area contributed by atoms with E-state index >= 15 is 0 Å². The van der Waals surface area contributed by atoms with Crippen LogP contribution in [-0.4, -0.2) is 25.1 Å². The summed E-state index contributed by atoms with van der Waals surface area (Å²) in [6.07, 6.45) is 0.832. The van der Waals surface area contributed by atoms with Gasteiger partial charge in [0.2, 0.25) is 0 Å². The van der Waals surface area contributed by atoms with Crippen LogP contribution in [0.15, 0.2) is 53.0 Å². The molecule has 2 rings (SSSR count). The molecule has 26 heavy (non-hydrogen) atoms. The molecule has 0 radical (unpaired) electrons. The fraction of sp³-hybridized carbons (Fsp3) is 0.300. The van der Waals surface area contributed by atoms with E-state index in [9.17, 15) is 9.59 Å². The molecular weight excluding hydrogens is 398 g/mol. The van der Waals surface area contributed by atoms with E-state index in [0.717, 1.165) is 10.9 Å². The van der Waals surface area contributed by atoms with Crippen molar-refractivity contribution in [1.82, 2.24) is 0 Å². The van der Waals surface area contributed by atoms with Gasteiger partial charge in [0, 0.05) is 10.2 Å². The summed E-state index contributed by atoms with van der Waals surface area (Å²) < 4.78 is 11.6. The van der Waals surface area contributed by atoms with Gasteiger partial charge in [-0.2, -0.15) is 0 Å². The quantitative estimate of drug-likeness (QED) is 0.631. The summed E-state index contributed by atoms with van der Waals surface area (Å²) in [7, 11) is 0. The maximum atomic E-state index is 11.9. The molecule has 6 heteroatoms. The predicted octanol–water partition coefficient (Wildman–Crippen LogP) is 4.67. The summed E-state index contributed by atoms with van der Waals surface area (Å²) in [5, 5.41) is 2.72. The number of hydrogen-bond acceptors (Lipinski definition) is 4. The molecule has 0 atom stereocenters. The van der Waals surface area contributed by atoms with E-state index in [4.69, 9.17) is 9.47 Å². The molecule has 0 saturated carbocycles. The molecule has 0 aliphatic carbocycles. The number of rotatable bonds is 8. The monoisotopic (exact) mass is 419 g/mol. The van der Waals surface area contributed by atoms with Crippen LogP contribution in [0.3, 0.4) is 0 Å². The predicted molar refractivity (Wildman–Crippen MR) is 104 cm³/mol. The first kappa shape index (κ1) is 20.0. The lowest BCUT2D eigenvalue weighted by Gasteiger charge is -2.09. The van der Waals surface area contributed by atoms with E-state index in [1.807, 2.05) is 12.1 Å². The summed E-state index contributed by atoms with van der Waals surface area (Å²) >= 11 is 3.34. The van der Waals surface area contributed by atoms with Crippen LogP contribution in [0.4, 0.5) is 5.69 Å². The Morgan fingerprint density at radius 1 is 1.04 bits per heavy atom. The Hall–Kier alpha value is -2.34. The van der Waals surface area contributed by atoms with Crippen LogP contribution in [0.25, 0.3) is 0 Å². The van der Waals surface area contributed by atoms with Crippen molar-refractivity contribution < 1.29 is 19.1 Å². The molecule has 0 bridgehead atoms. The molecule has 0 heterocycles. The molecule has 0 fully saturated rings. The number of ether oxygens (including phenoxy) is 2. The van der Waals surface area contributed by atoms with Gasteiger partial charge >= 0.3 is 5.97 Å². The number of nitrogens with one attached hydrogen (secondary N) is 1. The number of esters is 1. The van der Waals surface area contributed by atoms with Crippen molar-refractivity contribution in [3.8, 4) is 5.75 Å². The van der Waals surface area contributed by atoms with Crippen LogP contribution in [-0.2, 0) is 9.53 Å². The molecule has 0 aliphatic rings. The van der Waals surface area contributed by atoms with Gasteiger partial charge < -0.3 is 14.8 Å². The molecule has 0 unspecified atom stereocenters. The van der Waals surface area contributed by atoms with E-state index in [-0.39, 0.29) is 18.5 Å². The number of carbonyl (C=O) groups is 2. The molecule has 2 aromatic carbocycles. The van der Waals surface area contributed by atoms with Crippen molar-refractivity contribution in [2.24, 2.45) is 5.92 Å². The zero-order valence-corrected chi connectivity index (χ0v) is 16.4. The lowest BCUT2D eigenvalue weighted by Crippen LogP contribution is -2.20. The van der Waals surface area contributed by atoms with Gasteiger partial charge in [0.1, 0.15) is 5.75 Å². The Bertz CT molecular complexity index is 726. The summed E-state index contributed by atoms with van der Waals surface area (Å²) in [4.78, 5) is 23.8. The van der Waals surface area contributed by atoms with E-state index in [0.29, 0.717) is 29.5 Å². The summed E-state index contributed by atoms with van der Waals surface area (Å²) in [5.41, 5.74) is 1.05. The first-order chi connectivity index (χ1) is 12.4. The average Bonchev–Trinajstić information content (AvgIpc) is 2.61. The van der Waals surface area contributed by atoms with Crippen LogP contribution in [0.5, 0.6) is 5.75 Å². The molecule has 5 nitrogen and oxygen atoms in total. The minimum atomic E-state index is -0.359. The Kier molecular flexibility index (Phi) is 7.66. The molecule has 1 amide bonds. The highest BCUT2D eigenvalue weighted by molar-refractivity contribution is 9.10. The van der Waals surface area contributed by atoms with Crippen molar-refractivity contribution >= 4 is 33.5 Å². The van der Waals surface area contributed by atoms with Crippen LogP contribution >= 0.6 is 15.9 Å². The second-order valence-corrected chi connectivity index (χ2v) is 7.10. The van der Waals surface area contributed by atoms with Gasteiger partial charge in [-0.1, -0.05) is 29.8 Å². The average molecular weight is 420 g/mol. The van der Waals surface area contributed by atoms with Crippen LogP contribution in [0, 0.1) is 5.92 Å². The van der Waals surface area contributed by atoms with E-state index < -0.39 is 0 Å². The standard InChI is InChI=1S/C20H22BrNO4/c1-14(2)11-12-25-20(24)15-3-7-17(8-4-15)22-19(23)13-26-18-9-5-16(21)6-10-18/h3-10,14H,11-13H2,1-2H3,(H,22,23). The van der Waals surface area contributed by atoms with Crippen molar-refractivity contribution in [2.75, 3.05) is 18.5 Å². The fourth-order valence-electron chi connectivity index (χ4n) is 2.04. The minimum Gasteiger partial charge on any atom is -0.484 e. The third kappa shape index (κ3) is 6.88. The fourth-order valence-corrected chi connectivity index (χ4v) is 2.30. The van der Waals surface area contributed by atoms with Gasteiger partial charge in [-0.3, -0.25) is 4.79 Å². The number of halogens is 1. The Morgan fingerprint density at radius 3 is 2.31 bits per heavy atom. The van der Waals surface area contributed by atoms with E-state index in [2.05, 4.69) is 35.1 Å². The third-order valence-electron chi connectivity index (χ3n) is 3.52. The van der Waals surface area contributed by atoms with Crippen LogP contribution in [0.1, 0.15) is 30.6 Å². The van der Waals surface area contributed by atoms with Crippen molar-refractivity contribution in [3.05, 3.63) is 58.6 Å².